The van der Waals surface area contributed by atoms with E-state index in [9.17, 15) is 8.42 Å². The highest BCUT2D eigenvalue weighted by Crippen LogP contribution is 2.27. The van der Waals surface area contributed by atoms with Crippen LogP contribution in [-0.2, 0) is 21.3 Å². The molecule has 0 radical (unpaired) electrons. The number of nitrogens with zero attached hydrogens (tertiary/aromatic N) is 1. The number of hydrogen-bond acceptors (Lipinski definition) is 5. The van der Waals surface area contributed by atoms with Crippen molar-refractivity contribution in [2.75, 3.05) is 33.9 Å². The molecule has 118 valence electrons. The fraction of sp³-hybridized carbons (Fsp3) is 0.429. The van der Waals surface area contributed by atoms with Crippen LogP contribution in [0.1, 0.15) is 5.56 Å². The quantitative estimate of drug-likeness (QED) is 0.687. The topological polar surface area (TPSA) is 81.9 Å². The van der Waals surface area contributed by atoms with Crippen LogP contribution in [0, 0.1) is 0 Å². The highest BCUT2D eigenvalue weighted by Gasteiger charge is 2.26. The summed E-state index contributed by atoms with van der Waals surface area (Å²) >= 11 is 0. The first-order valence-corrected chi connectivity index (χ1v) is 7.92. The van der Waals surface area contributed by atoms with Gasteiger partial charge in [-0.3, -0.25) is 0 Å². The van der Waals surface area contributed by atoms with E-state index in [1.54, 1.807) is 12.1 Å². The van der Waals surface area contributed by atoms with Gasteiger partial charge in [0.1, 0.15) is 10.6 Å². The molecule has 0 amide bonds. The van der Waals surface area contributed by atoms with Gasteiger partial charge in [0.05, 0.1) is 13.7 Å². The summed E-state index contributed by atoms with van der Waals surface area (Å²) in [5.74, 6) is 0.282. The second-order valence-electron chi connectivity index (χ2n) is 4.33. The summed E-state index contributed by atoms with van der Waals surface area (Å²) in [6, 6.07) is 4.83. The predicted octanol–water partition coefficient (Wildman–Crippen LogP) is 0.977. The van der Waals surface area contributed by atoms with Crippen molar-refractivity contribution in [3.05, 3.63) is 36.4 Å². The molecule has 0 aliphatic rings. The first kappa shape index (κ1) is 17.6. The number of nitrogens with two attached hydrogens (primary N) is 1. The number of sulfonamides is 1. The van der Waals surface area contributed by atoms with Crippen LogP contribution in [0.2, 0.25) is 0 Å². The molecule has 1 rings (SSSR count). The molecule has 0 saturated heterocycles. The molecule has 0 saturated carbocycles. The molecule has 0 bridgehead atoms. The Kier molecular flexibility index (Phi) is 6.83. The van der Waals surface area contributed by atoms with Gasteiger partial charge >= 0.3 is 0 Å². The van der Waals surface area contributed by atoms with E-state index in [2.05, 4.69) is 6.58 Å². The Bertz CT molecular complexity index is 572. The zero-order valence-electron chi connectivity index (χ0n) is 12.4. The van der Waals surface area contributed by atoms with Crippen LogP contribution < -0.4 is 10.5 Å². The van der Waals surface area contributed by atoms with E-state index >= 15 is 0 Å². The van der Waals surface area contributed by atoms with Crippen LogP contribution in [0.25, 0.3) is 0 Å². The molecular formula is C14H22N2O4S. The van der Waals surface area contributed by atoms with Gasteiger partial charge < -0.3 is 15.2 Å². The van der Waals surface area contributed by atoms with Crippen molar-refractivity contribution in [3.63, 3.8) is 0 Å². The molecule has 0 unspecified atom stereocenters. The molecule has 0 aliphatic heterocycles. The first-order chi connectivity index (χ1) is 10.0. The van der Waals surface area contributed by atoms with Gasteiger partial charge in [0.15, 0.2) is 0 Å². The smallest absolute Gasteiger partial charge is 0.247 e. The lowest BCUT2D eigenvalue weighted by molar-refractivity contribution is 0.182. The van der Waals surface area contributed by atoms with E-state index in [4.69, 9.17) is 15.2 Å². The lowest BCUT2D eigenvalue weighted by Crippen LogP contribution is -2.34. The van der Waals surface area contributed by atoms with E-state index < -0.39 is 10.0 Å². The summed E-state index contributed by atoms with van der Waals surface area (Å²) in [5, 5.41) is 0. The van der Waals surface area contributed by atoms with Gasteiger partial charge in [-0.25, -0.2) is 8.42 Å². The third kappa shape index (κ3) is 4.28. The van der Waals surface area contributed by atoms with Crippen molar-refractivity contribution in [2.45, 2.75) is 11.4 Å². The molecule has 0 aliphatic carbocycles. The van der Waals surface area contributed by atoms with Crippen molar-refractivity contribution in [2.24, 2.45) is 5.73 Å². The standard InChI is InChI=1S/C14H22N2O4S/c1-4-7-16(8-9-19-2)21(17,18)14-6-5-12(11-15)10-13(14)20-3/h4-6,10H,1,7-9,11,15H2,2-3H3. The largest absolute Gasteiger partial charge is 0.495 e. The molecule has 0 fully saturated rings. The number of rotatable bonds is 9. The summed E-state index contributed by atoms with van der Waals surface area (Å²) < 4.78 is 36.9. The maximum Gasteiger partial charge on any atom is 0.247 e. The van der Waals surface area contributed by atoms with E-state index in [0.717, 1.165) is 5.56 Å². The predicted molar refractivity (Wildman–Crippen MR) is 81.7 cm³/mol. The van der Waals surface area contributed by atoms with Crippen molar-refractivity contribution < 1.29 is 17.9 Å². The monoisotopic (exact) mass is 314 g/mol. The summed E-state index contributed by atoms with van der Waals surface area (Å²) in [7, 11) is -0.732. The minimum absolute atomic E-state index is 0.111. The van der Waals surface area contributed by atoms with Gasteiger partial charge in [0, 0.05) is 26.7 Å². The highest BCUT2D eigenvalue weighted by atomic mass is 32.2. The zero-order valence-corrected chi connectivity index (χ0v) is 13.2. The number of benzene rings is 1. The zero-order chi connectivity index (χ0) is 15.9. The molecule has 6 nitrogen and oxygen atoms in total. The molecular weight excluding hydrogens is 292 g/mol. The number of methoxy groups -OCH3 is 2. The van der Waals surface area contributed by atoms with Gasteiger partial charge in [0.2, 0.25) is 10.0 Å². The van der Waals surface area contributed by atoms with Crippen LogP contribution in [-0.4, -0.2) is 46.6 Å². The maximum absolute atomic E-state index is 12.7. The average molecular weight is 314 g/mol. The Morgan fingerprint density at radius 1 is 1.38 bits per heavy atom. The number of hydrogen-bond donors (Lipinski definition) is 1. The summed E-state index contributed by atoms with van der Waals surface area (Å²) in [4.78, 5) is 0.111. The highest BCUT2D eigenvalue weighted by molar-refractivity contribution is 7.89. The van der Waals surface area contributed by atoms with Gasteiger partial charge in [-0.15, -0.1) is 6.58 Å². The van der Waals surface area contributed by atoms with Gasteiger partial charge in [0.25, 0.3) is 0 Å². The van der Waals surface area contributed by atoms with Crippen molar-refractivity contribution in [1.29, 1.82) is 0 Å². The molecule has 1 aromatic carbocycles. The molecule has 0 spiro atoms. The minimum atomic E-state index is -3.69. The van der Waals surface area contributed by atoms with Crippen LogP contribution in [0.3, 0.4) is 0 Å². The summed E-state index contributed by atoms with van der Waals surface area (Å²) in [6.07, 6.45) is 1.54. The van der Waals surface area contributed by atoms with Crippen LogP contribution >= 0.6 is 0 Å². The SMILES string of the molecule is C=CCN(CCOC)S(=O)(=O)c1ccc(CN)cc1OC. The summed E-state index contributed by atoms with van der Waals surface area (Å²) in [5.41, 5.74) is 6.36. The fourth-order valence-electron chi connectivity index (χ4n) is 1.84. The molecule has 0 heterocycles. The molecule has 2 N–H and O–H groups in total. The van der Waals surface area contributed by atoms with E-state index in [0.29, 0.717) is 13.2 Å². The van der Waals surface area contributed by atoms with Crippen molar-refractivity contribution in [3.8, 4) is 5.75 Å². The molecule has 1 aromatic rings. The van der Waals surface area contributed by atoms with E-state index in [-0.39, 0.29) is 23.7 Å². The normalized spacial score (nSPS) is 11.6. The van der Waals surface area contributed by atoms with Crippen LogP contribution in [0.4, 0.5) is 0 Å². The lowest BCUT2D eigenvalue weighted by atomic mass is 10.2. The number of ether oxygens (including phenoxy) is 2. The Morgan fingerprint density at radius 2 is 2.10 bits per heavy atom. The van der Waals surface area contributed by atoms with Crippen molar-refractivity contribution in [1.82, 2.24) is 4.31 Å². The third-order valence-electron chi connectivity index (χ3n) is 2.96. The van der Waals surface area contributed by atoms with E-state index in [1.165, 1.54) is 30.7 Å². The van der Waals surface area contributed by atoms with Crippen LogP contribution in [0.5, 0.6) is 5.75 Å². The first-order valence-electron chi connectivity index (χ1n) is 6.48. The fourth-order valence-corrected chi connectivity index (χ4v) is 3.37. The van der Waals surface area contributed by atoms with Crippen molar-refractivity contribution >= 4 is 10.0 Å². The summed E-state index contributed by atoms with van der Waals surface area (Å²) in [6.45, 7) is 4.65. The van der Waals surface area contributed by atoms with Crippen LogP contribution in [0.15, 0.2) is 35.7 Å². The Morgan fingerprint density at radius 3 is 2.62 bits per heavy atom. The molecule has 0 aromatic heterocycles. The second-order valence-corrected chi connectivity index (χ2v) is 6.24. The van der Waals surface area contributed by atoms with E-state index in [1.807, 2.05) is 0 Å². The molecule has 0 atom stereocenters. The second kappa shape index (κ2) is 8.14. The Hall–Kier alpha value is -1.41. The Balaban J connectivity index is 3.23. The minimum Gasteiger partial charge on any atom is -0.495 e. The molecule has 21 heavy (non-hydrogen) atoms. The Labute approximate surface area is 126 Å². The van der Waals surface area contributed by atoms with Gasteiger partial charge in [-0.1, -0.05) is 12.1 Å². The van der Waals surface area contributed by atoms with Gasteiger partial charge in [-0.2, -0.15) is 4.31 Å². The lowest BCUT2D eigenvalue weighted by Gasteiger charge is -2.21. The maximum atomic E-state index is 12.7. The average Bonchev–Trinajstić information content (AvgIpc) is 2.50. The molecule has 7 heteroatoms. The third-order valence-corrected chi connectivity index (χ3v) is 4.86. The van der Waals surface area contributed by atoms with Gasteiger partial charge in [-0.05, 0) is 17.7 Å².